The Labute approximate surface area is 109 Å². The monoisotopic (exact) mass is 252 g/mol. The van der Waals surface area contributed by atoms with E-state index in [1.165, 1.54) is 0 Å². The number of rotatable bonds is 7. The predicted octanol–water partition coefficient (Wildman–Crippen LogP) is 3.14. The standard InChI is InChI=1S/C14H24N2O2/c1-5-11(4)16-7-6-13(15-16)9-12(14(17)18)8-10(2)3/h6-7,10-12H,5,8-9H2,1-4H3,(H,17,18). The predicted molar refractivity (Wildman–Crippen MR) is 71.5 cm³/mol. The molecule has 2 atom stereocenters. The first-order valence-electron chi connectivity index (χ1n) is 6.70. The van der Waals surface area contributed by atoms with Gasteiger partial charge in [-0.1, -0.05) is 20.8 Å². The fourth-order valence-electron chi connectivity index (χ4n) is 2.01. The van der Waals surface area contributed by atoms with Gasteiger partial charge in [0.1, 0.15) is 0 Å². The molecule has 1 rings (SSSR count). The largest absolute Gasteiger partial charge is 0.481 e. The summed E-state index contributed by atoms with van der Waals surface area (Å²) in [4.78, 5) is 11.2. The third-order valence-corrected chi connectivity index (χ3v) is 3.27. The molecule has 4 heteroatoms. The minimum absolute atomic E-state index is 0.328. The van der Waals surface area contributed by atoms with Gasteiger partial charge >= 0.3 is 5.97 Å². The number of carboxylic acid groups (broad SMARTS) is 1. The first-order valence-corrected chi connectivity index (χ1v) is 6.70. The fourth-order valence-corrected chi connectivity index (χ4v) is 2.01. The molecule has 0 aromatic carbocycles. The molecule has 1 N–H and O–H groups in total. The first kappa shape index (κ1) is 14.7. The lowest BCUT2D eigenvalue weighted by Gasteiger charge is -2.13. The summed E-state index contributed by atoms with van der Waals surface area (Å²) < 4.78 is 1.92. The first-order chi connectivity index (χ1) is 8.43. The Morgan fingerprint density at radius 3 is 2.61 bits per heavy atom. The highest BCUT2D eigenvalue weighted by Crippen LogP contribution is 2.18. The van der Waals surface area contributed by atoms with Crippen LogP contribution in [0, 0.1) is 11.8 Å². The molecule has 0 saturated heterocycles. The van der Waals surface area contributed by atoms with Crippen LogP contribution in [0.25, 0.3) is 0 Å². The van der Waals surface area contributed by atoms with Crippen molar-refractivity contribution in [3.05, 3.63) is 18.0 Å². The van der Waals surface area contributed by atoms with Gasteiger partial charge in [0.25, 0.3) is 0 Å². The molecule has 1 aromatic heterocycles. The lowest BCUT2D eigenvalue weighted by atomic mass is 9.93. The highest BCUT2D eigenvalue weighted by Gasteiger charge is 2.20. The van der Waals surface area contributed by atoms with E-state index in [0.717, 1.165) is 12.1 Å². The molecule has 0 fully saturated rings. The van der Waals surface area contributed by atoms with Crippen LogP contribution in [-0.2, 0) is 11.2 Å². The number of hydrogen-bond acceptors (Lipinski definition) is 2. The van der Waals surface area contributed by atoms with Crippen molar-refractivity contribution in [1.82, 2.24) is 9.78 Å². The number of aliphatic carboxylic acids is 1. The average Bonchev–Trinajstić information content (AvgIpc) is 2.75. The maximum absolute atomic E-state index is 11.2. The van der Waals surface area contributed by atoms with Crippen LogP contribution in [0.5, 0.6) is 0 Å². The number of hydrogen-bond donors (Lipinski definition) is 1. The lowest BCUT2D eigenvalue weighted by Crippen LogP contribution is -2.19. The molecule has 0 aliphatic rings. The summed E-state index contributed by atoms with van der Waals surface area (Å²) in [6, 6.07) is 2.30. The van der Waals surface area contributed by atoms with E-state index in [-0.39, 0.29) is 5.92 Å². The van der Waals surface area contributed by atoms with Crippen LogP contribution in [0.2, 0.25) is 0 Å². The van der Waals surface area contributed by atoms with Crippen molar-refractivity contribution in [2.45, 2.75) is 53.0 Å². The Morgan fingerprint density at radius 2 is 2.11 bits per heavy atom. The summed E-state index contributed by atoms with van der Waals surface area (Å²) in [6.45, 7) is 8.33. The highest BCUT2D eigenvalue weighted by atomic mass is 16.4. The van der Waals surface area contributed by atoms with Gasteiger partial charge in [0.2, 0.25) is 0 Å². The third kappa shape index (κ3) is 4.17. The van der Waals surface area contributed by atoms with E-state index in [1.807, 2.05) is 30.8 Å². The summed E-state index contributed by atoms with van der Waals surface area (Å²) in [5, 5.41) is 13.7. The fraction of sp³-hybridized carbons (Fsp3) is 0.714. The molecule has 0 aliphatic carbocycles. The molecular formula is C14H24N2O2. The maximum atomic E-state index is 11.2. The molecule has 2 unspecified atom stereocenters. The van der Waals surface area contributed by atoms with E-state index < -0.39 is 5.97 Å². The maximum Gasteiger partial charge on any atom is 0.306 e. The van der Waals surface area contributed by atoms with Crippen LogP contribution in [-0.4, -0.2) is 20.9 Å². The highest BCUT2D eigenvalue weighted by molar-refractivity contribution is 5.70. The van der Waals surface area contributed by atoms with Crippen LogP contribution >= 0.6 is 0 Å². The number of nitrogens with zero attached hydrogens (tertiary/aromatic N) is 2. The quantitative estimate of drug-likeness (QED) is 0.811. The van der Waals surface area contributed by atoms with Gasteiger partial charge in [-0.15, -0.1) is 0 Å². The second-order valence-corrected chi connectivity index (χ2v) is 5.41. The van der Waals surface area contributed by atoms with Gasteiger partial charge in [0, 0.05) is 18.7 Å². The molecule has 0 aliphatic heterocycles. The molecule has 102 valence electrons. The normalized spacial score (nSPS) is 14.7. The third-order valence-electron chi connectivity index (χ3n) is 3.27. The molecule has 0 saturated carbocycles. The van der Waals surface area contributed by atoms with E-state index in [1.54, 1.807) is 0 Å². The second-order valence-electron chi connectivity index (χ2n) is 5.41. The van der Waals surface area contributed by atoms with Crippen molar-refractivity contribution in [2.75, 3.05) is 0 Å². The SMILES string of the molecule is CCC(C)n1ccc(CC(CC(C)C)C(=O)O)n1. The molecule has 0 bridgehead atoms. The Kier molecular flexibility index (Phi) is 5.38. The van der Waals surface area contributed by atoms with Crippen molar-refractivity contribution in [3.8, 4) is 0 Å². The summed E-state index contributed by atoms with van der Waals surface area (Å²) in [5.41, 5.74) is 0.878. The topological polar surface area (TPSA) is 55.1 Å². The Bertz CT molecular complexity index is 385. The van der Waals surface area contributed by atoms with Crippen molar-refractivity contribution in [1.29, 1.82) is 0 Å². The van der Waals surface area contributed by atoms with Crippen molar-refractivity contribution >= 4 is 5.97 Å². The van der Waals surface area contributed by atoms with Crippen LogP contribution in [0.3, 0.4) is 0 Å². The van der Waals surface area contributed by atoms with Gasteiger partial charge in [-0.25, -0.2) is 0 Å². The summed E-state index contributed by atoms with van der Waals surface area (Å²) in [6.07, 6.45) is 4.19. The number of carbonyl (C=O) groups is 1. The van der Waals surface area contributed by atoms with Gasteiger partial charge in [-0.05, 0) is 31.7 Å². The van der Waals surface area contributed by atoms with Crippen LogP contribution in [0.4, 0.5) is 0 Å². The molecule has 1 aromatic rings. The molecule has 0 spiro atoms. The zero-order chi connectivity index (χ0) is 13.7. The number of aromatic nitrogens is 2. The molecular weight excluding hydrogens is 228 g/mol. The molecule has 0 radical (unpaired) electrons. The van der Waals surface area contributed by atoms with Crippen molar-refractivity contribution in [2.24, 2.45) is 11.8 Å². The summed E-state index contributed by atoms with van der Waals surface area (Å²) >= 11 is 0. The van der Waals surface area contributed by atoms with Gasteiger partial charge in [-0.2, -0.15) is 5.10 Å². The Hall–Kier alpha value is -1.32. The Balaban J connectivity index is 2.69. The lowest BCUT2D eigenvalue weighted by molar-refractivity contribution is -0.142. The second kappa shape index (κ2) is 6.57. The summed E-state index contributed by atoms with van der Waals surface area (Å²) in [5.74, 6) is -0.658. The molecule has 18 heavy (non-hydrogen) atoms. The Morgan fingerprint density at radius 1 is 1.44 bits per heavy atom. The van der Waals surface area contributed by atoms with E-state index >= 15 is 0 Å². The minimum atomic E-state index is -0.721. The van der Waals surface area contributed by atoms with Crippen LogP contribution < -0.4 is 0 Å². The van der Waals surface area contributed by atoms with Gasteiger partial charge in [-0.3, -0.25) is 9.48 Å². The van der Waals surface area contributed by atoms with E-state index in [0.29, 0.717) is 24.8 Å². The molecule has 4 nitrogen and oxygen atoms in total. The smallest absolute Gasteiger partial charge is 0.306 e. The minimum Gasteiger partial charge on any atom is -0.481 e. The zero-order valence-corrected chi connectivity index (χ0v) is 11.8. The van der Waals surface area contributed by atoms with E-state index in [2.05, 4.69) is 18.9 Å². The van der Waals surface area contributed by atoms with Crippen molar-refractivity contribution in [3.63, 3.8) is 0 Å². The number of carboxylic acids is 1. The summed E-state index contributed by atoms with van der Waals surface area (Å²) in [7, 11) is 0. The van der Waals surface area contributed by atoms with Crippen LogP contribution in [0.1, 0.15) is 52.3 Å². The van der Waals surface area contributed by atoms with Gasteiger partial charge in [0.15, 0.2) is 0 Å². The zero-order valence-electron chi connectivity index (χ0n) is 11.8. The molecule has 1 heterocycles. The van der Waals surface area contributed by atoms with E-state index in [4.69, 9.17) is 0 Å². The van der Waals surface area contributed by atoms with Gasteiger partial charge in [0.05, 0.1) is 11.6 Å². The average molecular weight is 252 g/mol. The molecule has 0 amide bonds. The van der Waals surface area contributed by atoms with Crippen molar-refractivity contribution < 1.29 is 9.90 Å². The van der Waals surface area contributed by atoms with Crippen LogP contribution in [0.15, 0.2) is 12.3 Å². The van der Waals surface area contributed by atoms with E-state index in [9.17, 15) is 9.90 Å². The van der Waals surface area contributed by atoms with Gasteiger partial charge < -0.3 is 5.11 Å².